The first kappa shape index (κ1) is 23.7. The zero-order valence-corrected chi connectivity index (χ0v) is 21.0. The smallest absolute Gasteiger partial charge is 0.308 e. The average molecular weight is 435 g/mol. The quantitative estimate of drug-likeness (QED) is 0.450. The molecule has 1 heterocycles. The lowest BCUT2D eigenvalue weighted by molar-refractivity contribution is -0.160. The van der Waals surface area contributed by atoms with Gasteiger partial charge in [0.25, 0.3) is 0 Å². The van der Waals surface area contributed by atoms with Gasteiger partial charge < -0.3 is 14.3 Å². The Labute approximate surface area is 184 Å². The van der Waals surface area contributed by atoms with Gasteiger partial charge in [0.2, 0.25) is 0 Å². The molecule has 30 heavy (non-hydrogen) atoms. The number of carbonyl (C=O) groups excluding carboxylic acids is 1. The van der Waals surface area contributed by atoms with Crippen LogP contribution in [-0.2, 0) is 14.0 Å². The van der Waals surface area contributed by atoms with Crippen molar-refractivity contribution in [2.24, 2.45) is 23.7 Å². The summed E-state index contributed by atoms with van der Waals surface area (Å²) in [5.41, 5.74) is 1.30. The Balaban J connectivity index is 1.64. The number of carbonyl (C=O) groups is 1. The van der Waals surface area contributed by atoms with Gasteiger partial charge in [-0.3, -0.25) is 4.79 Å². The molecule has 0 aromatic carbocycles. The predicted molar refractivity (Wildman–Crippen MR) is 124 cm³/mol. The average Bonchev–Trinajstić information content (AvgIpc) is 2.59. The summed E-state index contributed by atoms with van der Waals surface area (Å²) in [6.07, 6.45) is 10.3. The maximum atomic E-state index is 12.3. The predicted octanol–water partition coefficient (Wildman–Crippen LogP) is 5.63. The van der Waals surface area contributed by atoms with Crippen LogP contribution >= 0.6 is 0 Å². The van der Waals surface area contributed by atoms with E-state index >= 15 is 0 Å². The van der Waals surface area contributed by atoms with Gasteiger partial charge >= 0.3 is 5.97 Å². The van der Waals surface area contributed by atoms with Crippen LogP contribution in [0.5, 0.6) is 0 Å². The molecule has 170 valence electrons. The molecule has 3 rings (SSSR count). The van der Waals surface area contributed by atoms with Crippen molar-refractivity contribution in [3.63, 3.8) is 0 Å². The fourth-order valence-electron chi connectivity index (χ4n) is 5.21. The van der Waals surface area contributed by atoms with E-state index in [0.717, 1.165) is 25.7 Å². The molecular formula is C25H42O4Si. The van der Waals surface area contributed by atoms with E-state index in [9.17, 15) is 9.90 Å². The lowest BCUT2D eigenvalue weighted by atomic mass is 9.65. The summed E-state index contributed by atoms with van der Waals surface area (Å²) >= 11 is 0. The highest BCUT2D eigenvalue weighted by Crippen LogP contribution is 2.44. The molecule has 0 radical (unpaired) electrons. The minimum absolute atomic E-state index is 0.0302. The van der Waals surface area contributed by atoms with E-state index in [-0.39, 0.29) is 35.2 Å². The van der Waals surface area contributed by atoms with Crippen molar-refractivity contribution in [1.82, 2.24) is 0 Å². The van der Waals surface area contributed by atoms with Crippen molar-refractivity contribution >= 4 is 14.3 Å². The van der Waals surface area contributed by atoms with Crippen LogP contribution in [0, 0.1) is 23.7 Å². The van der Waals surface area contributed by atoms with Crippen molar-refractivity contribution in [1.29, 1.82) is 0 Å². The molecule has 0 saturated carbocycles. The topological polar surface area (TPSA) is 55.8 Å². The van der Waals surface area contributed by atoms with Crippen molar-refractivity contribution in [3.05, 3.63) is 23.8 Å². The van der Waals surface area contributed by atoms with Crippen LogP contribution in [0.15, 0.2) is 23.8 Å². The Hall–Kier alpha value is -0.913. The number of rotatable bonds is 5. The highest BCUT2D eigenvalue weighted by molar-refractivity contribution is 6.74. The zero-order valence-electron chi connectivity index (χ0n) is 20.0. The van der Waals surface area contributed by atoms with Gasteiger partial charge in [-0.15, -0.1) is 0 Å². The van der Waals surface area contributed by atoms with Gasteiger partial charge in [0.1, 0.15) is 6.10 Å². The Bertz CT molecular complexity index is 690. The van der Waals surface area contributed by atoms with Crippen LogP contribution in [0.1, 0.15) is 66.7 Å². The first-order chi connectivity index (χ1) is 13.9. The zero-order chi connectivity index (χ0) is 22.3. The molecule has 0 spiro atoms. The fraction of sp³-hybridized carbons (Fsp3) is 0.800. The third-order valence-electron chi connectivity index (χ3n) is 7.93. The molecule has 0 bridgehead atoms. The van der Waals surface area contributed by atoms with Gasteiger partial charge in [0.05, 0.1) is 18.6 Å². The molecule has 0 amide bonds. The molecule has 0 aromatic heterocycles. The number of esters is 1. The Kier molecular flexibility index (Phi) is 7.05. The molecule has 3 aliphatic rings. The monoisotopic (exact) mass is 434 g/mol. The van der Waals surface area contributed by atoms with Gasteiger partial charge in [-0.05, 0) is 60.7 Å². The summed E-state index contributed by atoms with van der Waals surface area (Å²) in [5, 5.41) is 10.9. The number of aliphatic hydroxyl groups excluding tert-OH is 1. The summed E-state index contributed by atoms with van der Waals surface area (Å²) in [6, 6.07) is 0. The number of hydrogen-bond donors (Lipinski definition) is 1. The van der Waals surface area contributed by atoms with Gasteiger partial charge in [0.15, 0.2) is 8.32 Å². The second-order valence-electron chi connectivity index (χ2n) is 11.5. The summed E-state index contributed by atoms with van der Waals surface area (Å²) in [6.45, 7) is 15.6. The maximum absolute atomic E-state index is 12.3. The van der Waals surface area contributed by atoms with Crippen LogP contribution < -0.4 is 0 Å². The van der Waals surface area contributed by atoms with Crippen LogP contribution in [-0.4, -0.2) is 37.7 Å². The summed E-state index contributed by atoms with van der Waals surface area (Å²) < 4.78 is 12.3. The summed E-state index contributed by atoms with van der Waals surface area (Å²) in [5.74, 6) is 1.33. The lowest BCUT2D eigenvalue weighted by Gasteiger charge is -2.43. The fourth-order valence-corrected chi connectivity index (χ4v) is 6.58. The van der Waals surface area contributed by atoms with Crippen molar-refractivity contribution in [2.75, 3.05) is 0 Å². The van der Waals surface area contributed by atoms with E-state index in [1.54, 1.807) is 0 Å². The largest absolute Gasteiger partial charge is 0.462 e. The molecule has 1 N–H and O–H groups in total. The van der Waals surface area contributed by atoms with Crippen LogP contribution in [0.25, 0.3) is 0 Å². The molecule has 7 atom stereocenters. The highest BCUT2D eigenvalue weighted by atomic mass is 28.4. The molecule has 2 aliphatic carbocycles. The minimum atomic E-state index is -1.91. The normalized spacial score (nSPS) is 37.4. The van der Waals surface area contributed by atoms with Crippen molar-refractivity contribution < 1.29 is 19.1 Å². The number of aliphatic hydroxyl groups is 1. The standard InChI is InChI=1S/C25H42O4Si/c1-16-12-18-9-8-17(2)21(24(18)22(26)13-16)11-10-19-14-20(15-23(27)28-19)29-30(6,7)25(3,4)5/h8-9,12,16-17,19-22,24,26H,10-11,13-15H2,1-7H3/t16-,17+,19-,20-,21+,22+,24+/m1/s1. The summed E-state index contributed by atoms with van der Waals surface area (Å²) in [7, 11) is -1.91. The van der Waals surface area contributed by atoms with Gasteiger partial charge in [-0.2, -0.15) is 0 Å². The molecule has 1 aliphatic heterocycles. The number of ether oxygens (including phenoxy) is 1. The number of fused-ring (bicyclic) bond motifs is 1. The molecule has 4 nitrogen and oxygen atoms in total. The lowest BCUT2D eigenvalue weighted by Crippen LogP contribution is -2.47. The minimum Gasteiger partial charge on any atom is -0.462 e. The third kappa shape index (κ3) is 5.28. The Morgan fingerprint density at radius 3 is 2.57 bits per heavy atom. The van der Waals surface area contributed by atoms with Gasteiger partial charge in [0, 0.05) is 12.3 Å². The second kappa shape index (κ2) is 8.91. The molecule has 0 unspecified atom stereocenters. The van der Waals surface area contributed by atoms with E-state index in [0.29, 0.717) is 24.2 Å². The second-order valence-corrected chi connectivity index (χ2v) is 16.2. The molecule has 1 saturated heterocycles. The molecular weight excluding hydrogens is 392 g/mol. The van der Waals surface area contributed by atoms with Gasteiger partial charge in [-0.25, -0.2) is 0 Å². The van der Waals surface area contributed by atoms with E-state index < -0.39 is 8.32 Å². The number of cyclic esters (lactones) is 1. The maximum Gasteiger partial charge on any atom is 0.308 e. The van der Waals surface area contributed by atoms with E-state index in [1.807, 2.05) is 0 Å². The molecule has 5 heteroatoms. The number of allylic oxidation sites excluding steroid dienone is 3. The van der Waals surface area contributed by atoms with E-state index in [4.69, 9.17) is 9.16 Å². The van der Waals surface area contributed by atoms with E-state index in [2.05, 4.69) is 65.9 Å². The van der Waals surface area contributed by atoms with Crippen LogP contribution in [0.2, 0.25) is 18.1 Å². The molecule has 1 fully saturated rings. The van der Waals surface area contributed by atoms with Crippen LogP contribution in [0.3, 0.4) is 0 Å². The number of hydrogen-bond acceptors (Lipinski definition) is 4. The first-order valence-corrected chi connectivity index (χ1v) is 14.7. The first-order valence-electron chi connectivity index (χ1n) is 11.8. The van der Waals surface area contributed by atoms with E-state index in [1.165, 1.54) is 5.57 Å². The van der Waals surface area contributed by atoms with Crippen molar-refractivity contribution in [3.8, 4) is 0 Å². The SMILES string of the molecule is C[C@@H]1C=C2C=C[C@H](C)[C@H](CC[C@@H]3C[C@@H](O[Si](C)(C)C(C)(C)C)CC(=O)O3)[C@H]2[C@@H](O)C1. The van der Waals surface area contributed by atoms with Gasteiger partial charge in [-0.1, -0.05) is 52.8 Å². The Morgan fingerprint density at radius 1 is 1.20 bits per heavy atom. The summed E-state index contributed by atoms with van der Waals surface area (Å²) in [4.78, 5) is 12.3. The third-order valence-corrected chi connectivity index (χ3v) is 12.5. The van der Waals surface area contributed by atoms with Crippen molar-refractivity contribution in [2.45, 2.75) is 103 Å². The van der Waals surface area contributed by atoms with Crippen LogP contribution in [0.4, 0.5) is 0 Å². The highest BCUT2D eigenvalue weighted by Gasteiger charge is 2.42. The molecule has 0 aromatic rings. The Morgan fingerprint density at radius 2 is 1.90 bits per heavy atom.